The molecular formula is C9H16. The zero-order valence-electron chi connectivity index (χ0n) is 6.27. The van der Waals surface area contributed by atoms with E-state index in [1.807, 2.05) is 0 Å². The third-order valence-corrected chi connectivity index (χ3v) is 2.31. The molecule has 1 saturated carbocycles. The second-order valence-electron chi connectivity index (χ2n) is 3.27. The van der Waals surface area contributed by atoms with E-state index in [-0.39, 0.29) is 0 Å². The van der Waals surface area contributed by atoms with Gasteiger partial charge in [-0.05, 0) is 24.7 Å². The Morgan fingerprint density at radius 2 is 2.22 bits per heavy atom. The molecule has 1 fully saturated rings. The predicted octanol–water partition coefficient (Wildman–Crippen LogP) is 3.00. The Kier molecular flexibility index (Phi) is 2.32. The van der Waals surface area contributed by atoms with Gasteiger partial charge in [-0.15, -0.1) is 6.58 Å². The summed E-state index contributed by atoms with van der Waals surface area (Å²) in [6.07, 6.45) is 7.73. The standard InChI is InChI=1S/C9H16/c1-3-9-6-4-5-8(2)7-9/h3,8-9H,1,4-7H2,2H3/t8-,9?/m0/s1. The molecule has 1 unspecified atom stereocenters. The van der Waals surface area contributed by atoms with E-state index in [2.05, 4.69) is 19.6 Å². The molecule has 0 heteroatoms. The van der Waals surface area contributed by atoms with Crippen LogP contribution < -0.4 is 0 Å². The quantitative estimate of drug-likeness (QED) is 0.471. The molecule has 0 bridgehead atoms. The Morgan fingerprint density at radius 1 is 1.44 bits per heavy atom. The van der Waals surface area contributed by atoms with Gasteiger partial charge in [0.05, 0.1) is 0 Å². The fourth-order valence-electron chi connectivity index (χ4n) is 1.70. The summed E-state index contributed by atoms with van der Waals surface area (Å²) in [5, 5.41) is 0. The van der Waals surface area contributed by atoms with Gasteiger partial charge in [0.25, 0.3) is 0 Å². The number of rotatable bonds is 1. The van der Waals surface area contributed by atoms with Gasteiger partial charge in [0.2, 0.25) is 0 Å². The van der Waals surface area contributed by atoms with Gasteiger partial charge in [0.1, 0.15) is 0 Å². The third-order valence-electron chi connectivity index (χ3n) is 2.31. The van der Waals surface area contributed by atoms with Gasteiger partial charge in [-0.1, -0.05) is 25.8 Å². The van der Waals surface area contributed by atoms with Crippen LogP contribution in [0.15, 0.2) is 12.7 Å². The highest BCUT2D eigenvalue weighted by atomic mass is 14.2. The van der Waals surface area contributed by atoms with Gasteiger partial charge in [-0.2, -0.15) is 0 Å². The van der Waals surface area contributed by atoms with E-state index < -0.39 is 0 Å². The minimum atomic E-state index is 0.828. The first-order valence-electron chi connectivity index (χ1n) is 3.95. The van der Waals surface area contributed by atoms with Crippen LogP contribution in [0, 0.1) is 11.8 Å². The van der Waals surface area contributed by atoms with Crippen molar-refractivity contribution in [3.63, 3.8) is 0 Å². The predicted molar refractivity (Wildman–Crippen MR) is 41.3 cm³/mol. The normalized spacial score (nSPS) is 36.1. The van der Waals surface area contributed by atoms with E-state index in [4.69, 9.17) is 0 Å². The van der Waals surface area contributed by atoms with Crippen LogP contribution >= 0.6 is 0 Å². The molecule has 9 heavy (non-hydrogen) atoms. The first-order valence-corrected chi connectivity index (χ1v) is 3.95. The van der Waals surface area contributed by atoms with Gasteiger partial charge in [-0.3, -0.25) is 0 Å². The highest BCUT2D eigenvalue weighted by Gasteiger charge is 2.15. The number of hydrogen-bond acceptors (Lipinski definition) is 0. The largest absolute Gasteiger partial charge is 0.103 e. The maximum atomic E-state index is 3.82. The Balaban J connectivity index is 2.31. The molecule has 0 saturated heterocycles. The van der Waals surface area contributed by atoms with E-state index in [0.717, 1.165) is 11.8 Å². The molecule has 52 valence electrons. The van der Waals surface area contributed by atoms with Crippen molar-refractivity contribution < 1.29 is 0 Å². The zero-order chi connectivity index (χ0) is 6.69. The van der Waals surface area contributed by atoms with Crippen molar-refractivity contribution in [2.75, 3.05) is 0 Å². The van der Waals surface area contributed by atoms with E-state index in [0.29, 0.717) is 0 Å². The van der Waals surface area contributed by atoms with Crippen molar-refractivity contribution in [3.8, 4) is 0 Å². The third kappa shape index (κ3) is 1.85. The molecule has 0 N–H and O–H groups in total. The molecule has 1 aliphatic carbocycles. The minimum Gasteiger partial charge on any atom is -0.103 e. The summed E-state index contributed by atoms with van der Waals surface area (Å²) in [5.41, 5.74) is 0. The summed E-state index contributed by atoms with van der Waals surface area (Å²) in [7, 11) is 0. The minimum absolute atomic E-state index is 0.828. The van der Waals surface area contributed by atoms with Gasteiger partial charge < -0.3 is 0 Å². The molecule has 1 rings (SSSR count). The zero-order valence-corrected chi connectivity index (χ0v) is 6.27. The van der Waals surface area contributed by atoms with Crippen LogP contribution in [0.3, 0.4) is 0 Å². The highest BCUT2D eigenvalue weighted by molar-refractivity contribution is 4.83. The van der Waals surface area contributed by atoms with Gasteiger partial charge in [0, 0.05) is 0 Å². The summed E-state index contributed by atoms with van der Waals surface area (Å²) in [6.45, 7) is 6.16. The summed E-state index contributed by atoms with van der Waals surface area (Å²) in [5.74, 6) is 1.77. The molecule has 0 nitrogen and oxygen atoms in total. The average molecular weight is 124 g/mol. The van der Waals surface area contributed by atoms with Crippen LogP contribution in [0.5, 0.6) is 0 Å². The van der Waals surface area contributed by atoms with Crippen molar-refractivity contribution in [1.82, 2.24) is 0 Å². The highest BCUT2D eigenvalue weighted by Crippen LogP contribution is 2.28. The fourth-order valence-corrected chi connectivity index (χ4v) is 1.70. The van der Waals surface area contributed by atoms with Crippen molar-refractivity contribution in [2.45, 2.75) is 32.6 Å². The Bertz CT molecular complexity index is 94.2. The fraction of sp³-hybridized carbons (Fsp3) is 0.778. The van der Waals surface area contributed by atoms with Gasteiger partial charge >= 0.3 is 0 Å². The molecule has 2 atom stereocenters. The molecule has 0 aliphatic heterocycles. The van der Waals surface area contributed by atoms with Crippen LogP contribution in [0.2, 0.25) is 0 Å². The lowest BCUT2D eigenvalue weighted by atomic mass is 9.83. The van der Waals surface area contributed by atoms with Crippen LogP contribution in [-0.2, 0) is 0 Å². The Hall–Kier alpha value is -0.260. The maximum Gasteiger partial charge on any atom is -0.0234 e. The SMILES string of the molecule is C=CC1CCC[C@H](C)C1. The maximum absolute atomic E-state index is 3.82. The molecule has 0 heterocycles. The van der Waals surface area contributed by atoms with Crippen LogP contribution in [-0.4, -0.2) is 0 Å². The molecule has 1 aliphatic rings. The monoisotopic (exact) mass is 124 g/mol. The lowest BCUT2D eigenvalue weighted by Gasteiger charge is -2.23. The molecule has 0 aromatic heterocycles. The first kappa shape index (κ1) is 6.85. The van der Waals surface area contributed by atoms with E-state index in [1.165, 1.54) is 25.7 Å². The molecule has 0 amide bonds. The first-order chi connectivity index (χ1) is 4.33. The van der Waals surface area contributed by atoms with Crippen molar-refractivity contribution >= 4 is 0 Å². The Labute approximate surface area is 58.0 Å². The Morgan fingerprint density at radius 3 is 2.67 bits per heavy atom. The van der Waals surface area contributed by atoms with Crippen LogP contribution in [0.1, 0.15) is 32.6 Å². The average Bonchev–Trinajstić information content (AvgIpc) is 1.88. The molecule has 0 radical (unpaired) electrons. The van der Waals surface area contributed by atoms with E-state index in [1.54, 1.807) is 0 Å². The van der Waals surface area contributed by atoms with E-state index in [9.17, 15) is 0 Å². The van der Waals surface area contributed by atoms with Gasteiger partial charge in [-0.25, -0.2) is 0 Å². The smallest absolute Gasteiger partial charge is 0.0234 e. The molecule has 0 aromatic rings. The van der Waals surface area contributed by atoms with Crippen molar-refractivity contribution in [1.29, 1.82) is 0 Å². The van der Waals surface area contributed by atoms with Crippen LogP contribution in [0.25, 0.3) is 0 Å². The second-order valence-corrected chi connectivity index (χ2v) is 3.27. The van der Waals surface area contributed by atoms with Crippen molar-refractivity contribution in [3.05, 3.63) is 12.7 Å². The van der Waals surface area contributed by atoms with Gasteiger partial charge in [0.15, 0.2) is 0 Å². The summed E-state index contributed by atoms with van der Waals surface area (Å²) >= 11 is 0. The summed E-state index contributed by atoms with van der Waals surface area (Å²) in [6, 6.07) is 0. The topological polar surface area (TPSA) is 0 Å². The lowest BCUT2D eigenvalue weighted by molar-refractivity contribution is 0.325. The molecule has 0 spiro atoms. The lowest BCUT2D eigenvalue weighted by Crippen LogP contribution is -2.10. The second kappa shape index (κ2) is 3.05. The van der Waals surface area contributed by atoms with E-state index >= 15 is 0 Å². The number of hydrogen-bond donors (Lipinski definition) is 0. The van der Waals surface area contributed by atoms with Crippen molar-refractivity contribution in [2.24, 2.45) is 11.8 Å². The number of allylic oxidation sites excluding steroid dienone is 1. The molecular weight excluding hydrogens is 108 g/mol. The molecule has 0 aromatic carbocycles. The summed E-state index contributed by atoms with van der Waals surface area (Å²) < 4.78 is 0. The van der Waals surface area contributed by atoms with Crippen LogP contribution in [0.4, 0.5) is 0 Å². The summed E-state index contributed by atoms with van der Waals surface area (Å²) in [4.78, 5) is 0.